The second kappa shape index (κ2) is 7.76. The Labute approximate surface area is 156 Å². The third-order valence-corrected chi connectivity index (χ3v) is 4.34. The van der Waals surface area contributed by atoms with Crippen LogP contribution in [0.2, 0.25) is 5.02 Å². The number of halogens is 2. The topological polar surface area (TPSA) is 61.4 Å². The average Bonchev–Trinajstić information content (AvgIpc) is 3.06. The number of H-pyrrole nitrogens is 1. The van der Waals surface area contributed by atoms with Crippen molar-refractivity contribution in [3.8, 4) is 22.8 Å². The number of nitrogens with one attached hydrogen (secondary N) is 1. The molecule has 0 unspecified atom stereocenters. The lowest BCUT2D eigenvalue weighted by molar-refractivity contribution is 0.317. The number of methoxy groups -OCH3 is 1. The highest BCUT2D eigenvalue weighted by atomic mass is 35.5. The van der Waals surface area contributed by atoms with Gasteiger partial charge in [0.15, 0.2) is 11.5 Å². The first-order chi connectivity index (χ1) is 12.5. The molecular formula is C19H19ClFN3O2. The van der Waals surface area contributed by atoms with Crippen LogP contribution in [-0.2, 0) is 13.1 Å². The Bertz CT molecular complexity index is 896. The number of phenolic OH excluding ortho intramolecular Hbond substituents is 1. The van der Waals surface area contributed by atoms with Gasteiger partial charge in [0.2, 0.25) is 0 Å². The summed E-state index contributed by atoms with van der Waals surface area (Å²) in [7, 11) is 3.45. The summed E-state index contributed by atoms with van der Waals surface area (Å²) in [4.78, 5) is 2.08. The zero-order valence-electron chi connectivity index (χ0n) is 14.5. The summed E-state index contributed by atoms with van der Waals surface area (Å²) in [6, 6.07) is 9.76. The molecule has 1 aromatic heterocycles. The van der Waals surface area contributed by atoms with Gasteiger partial charge in [-0.25, -0.2) is 4.39 Å². The molecule has 0 aliphatic carbocycles. The lowest BCUT2D eigenvalue weighted by Gasteiger charge is -2.18. The molecule has 0 bridgehead atoms. The van der Waals surface area contributed by atoms with Crippen molar-refractivity contribution in [3.05, 3.63) is 64.6 Å². The van der Waals surface area contributed by atoms with Crippen molar-refractivity contribution in [2.24, 2.45) is 0 Å². The maximum Gasteiger partial charge on any atom is 0.176 e. The van der Waals surface area contributed by atoms with Gasteiger partial charge < -0.3 is 9.84 Å². The summed E-state index contributed by atoms with van der Waals surface area (Å²) in [6.45, 7) is 1.23. The van der Waals surface area contributed by atoms with Crippen LogP contribution in [-0.4, -0.2) is 34.4 Å². The van der Waals surface area contributed by atoms with Gasteiger partial charge in [-0.1, -0.05) is 11.6 Å². The highest BCUT2D eigenvalue weighted by Crippen LogP contribution is 2.35. The number of aromatic nitrogens is 2. The van der Waals surface area contributed by atoms with Gasteiger partial charge in [0.25, 0.3) is 0 Å². The van der Waals surface area contributed by atoms with Gasteiger partial charge in [0, 0.05) is 24.2 Å². The summed E-state index contributed by atoms with van der Waals surface area (Å²) in [5.74, 6) is 0.00954. The summed E-state index contributed by atoms with van der Waals surface area (Å²) >= 11 is 6.05. The molecule has 1 heterocycles. The first-order valence-corrected chi connectivity index (χ1v) is 8.38. The van der Waals surface area contributed by atoms with E-state index in [4.69, 9.17) is 16.3 Å². The van der Waals surface area contributed by atoms with E-state index in [2.05, 4.69) is 15.1 Å². The van der Waals surface area contributed by atoms with Crippen LogP contribution in [0.4, 0.5) is 4.39 Å². The number of nitrogens with zero attached hydrogens (tertiary/aromatic N) is 2. The zero-order valence-corrected chi connectivity index (χ0v) is 15.2. The SMILES string of the molecule is COc1cc(CN(C)Cc2cn[nH]c2-c2ccc(F)cc2)cc(Cl)c1O. The summed E-state index contributed by atoms with van der Waals surface area (Å²) < 4.78 is 18.3. The Kier molecular flexibility index (Phi) is 5.44. The van der Waals surface area contributed by atoms with E-state index in [0.717, 1.165) is 22.4 Å². The fraction of sp³-hybridized carbons (Fsp3) is 0.211. The number of rotatable bonds is 6. The molecule has 2 aromatic carbocycles. The molecule has 0 aliphatic rings. The molecule has 3 aromatic rings. The van der Waals surface area contributed by atoms with Crippen molar-refractivity contribution in [1.29, 1.82) is 0 Å². The maximum absolute atomic E-state index is 13.1. The first-order valence-electron chi connectivity index (χ1n) is 8.00. The van der Waals surface area contributed by atoms with E-state index in [1.807, 2.05) is 7.05 Å². The molecule has 7 heteroatoms. The first kappa shape index (κ1) is 18.2. The number of ether oxygens (including phenoxy) is 1. The average molecular weight is 376 g/mol. The predicted molar refractivity (Wildman–Crippen MR) is 98.8 cm³/mol. The van der Waals surface area contributed by atoms with Crippen molar-refractivity contribution in [2.45, 2.75) is 13.1 Å². The molecule has 0 amide bonds. The van der Waals surface area contributed by atoms with Gasteiger partial charge in [-0.15, -0.1) is 0 Å². The lowest BCUT2D eigenvalue weighted by atomic mass is 10.1. The van der Waals surface area contributed by atoms with Crippen molar-refractivity contribution >= 4 is 11.6 Å². The highest BCUT2D eigenvalue weighted by Gasteiger charge is 2.13. The van der Waals surface area contributed by atoms with Crippen molar-refractivity contribution in [3.63, 3.8) is 0 Å². The van der Waals surface area contributed by atoms with Gasteiger partial charge in [0.05, 0.1) is 24.0 Å². The maximum atomic E-state index is 13.1. The monoisotopic (exact) mass is 375 g/mol. The van der Waals surface area contributed by atoms with E-state index in [-0.39, 0.29) is 16.6 Å². The molecule has 0 radical (unpaired) electrons. The van der Waals surface area contributed by atoms with Crippen LogP contribution >= 0.6 is 11.6 Å². The minimum absolute atomic E-state index is 0.0611. The fourth-order valence-electron chi connectivity index (χ4n) is 2.83. The minimum atomic E-state index is -0.273. The Morgan fingerprint density at radius 1 is 1.23 bits per heavy atom. The molecule has 136 valence electrons. The summed E-state index contributed by atoms with van der Waals surface area (Å²) in [6.07, 6.45) is 1.76. The van der Waals surface area contributed by atoms with Crippen LogP contribution in [0.1, 0.15) is 11.1 Å². The molecule has 26 heavy (non-hydrogen) atoms. The van der Waals surface area contributed by atoms with Crippen LogP contribution < -0.4 is 4.74 Å². The molecule has 2 N–H and O–H groups in total. The van der Waals surface area contributed by atoms with E-state index in [1.54, 1.807) is 30.5 Å². The van der Waals surface area contributed by atoms with E-state index in [9.17, 15) is 9.50 Å². The van der Waals surface area contributed by atoms with Gasteiger partial charge in [-0.3, -0.25) is 10.00 Å². The van der Waals surface area contributed by atoms with Crippen LogP contribution in [0.3, 0.4) is 0 Å². The zero-order chi connectivity index (χ0) is 18.7. The highest BCUT2D eigenvalue weighted by molar-refractivity contribution is 6.32. The third-order valence-electron chi connectivity index (χ3n) is 4.05. The van der Waals surface area contributed by atoms with Crippen molar-refractivity contribution in [1.82, 2.24) is 15.1 Å². The van der Waals surface area contributed by atoms with Crippen LogP contribution in [0.15, 0.2) is 42.6 Å². The molecule has 0 spiro atoms. The Hall–Kier alpha value is -2.57. The quantitative estimate of drug-likeness (QED) is 0.677. The Morgan fingerprint density at radius 3 is 2.65 bits per heavy atom. The third kappa shape index (κ3) is 3.98. The van der Waals surface area contributed by atoms with E-state index < -0.39 is 0 Å². The molecule has 0 atom stereocenters. The second-order valence-corrected chi connectivity index (χ2v) is 6.49. The molecule has 3 rings (SSSR count). The number of hydrogen-bond acceptors (Lipinski definition) is 4. The van der Waals surface area contributed by atoms with Gasteiger partial charge in [-0.05, 0) is 49.0 Å². The molecule has 5 nitrogen and oxygen atoms in total. The van der Waals surface area contributed by atoms with Gasteiger partial charge in [-0.2, -0.15) is 5.10 Å². The number of aromatic amines is 1. The normalized spacial score (nSPS) is 11.1. The predicted octanol–water partition coefficient (Wildman–Crippen LogP) is 4.22. The Balaban J connectivity index is 1.75. The van der Waals surface area contributed by atoms with Gasteiger partial charge in [0.1, 0.15) is 5.82 Å². The van der Waals surface area contributed by atoms with Crippen molar-refractivity contribution < 1.29 is 14.2 Å². The number of hydrogen-bond donors (Lipinski definition) is 2. The second-order valence-electron chi connectivity index (χ2n) is 6.08. The van der Waals surface area contributed by atoms with Crippen LogP contribution in [0.5, 0.6) is 11.5 Å². The smallest absolute Gasteiger partial charge is 0.176 e. The lowest BCUT2D eigenvalue weighted by Crippen LogP contribution is -2.17. The number of aromatic hydroxyl groups is 1. The van der Waals surface area contributed by atoms with Crippen molar-refractivity contribution in [2.75, 3.05) is 14.2 Å². The summed E-state index contributed by atoms with van der Waals surface area (Å²) in [5, 5.41) is 17.2. The van der Waals surface area contributed by atoms with E-state index in [1.165, 1.54) is 19.2 Å². The van der Waals surface area contributed by atoms with Crippen LogP contribution in [0, 0.1) is 5.82 Å². The Morgan fingerprint density at radius 2 is 1.96 bits per heavy atom. The molecule has 0 saturated carbocycles. The molecule has 0 aliphatic heterocycles. The van der Waals surface area contributed by atoms with Gasteiger partial charge >= 0.3 is 0 Å². The standard InChI is InChI=1S/C19H19ClFN3O2/c1-24(10-12-7-16(20)19(25)17(8-12)26-2)11-14-9-22-23-18(14)13-3-5-15(21)6-4-13/h3-9,25H,10-11H2,1-2H3,(H,22,23). The molecule has 0 saturated heterocycles. The van der Waals surface area contributed by atoms with E-state index >= 15 is 0 Å². The summed E-state index contributed by atoms with van der Waals surface area (Å²) in [5.41, 5.74) is 3.65. The number of benzene rings is 2. The molecule has 0 fully saturated rings. The van der Waals surface area contributed by atoms with Crippen LogP contribution in [0.25, 0.3) is 11.3 Å². The number of phenols is 1. The minimum Gasteiger partial charge on any atom is -0.503 e. The fourth-order valence-corrected chi connectivity index (χ4v) is 3.06. The molecular weight excluding hydrogens is 357 g/mol. The van der Waals surface area contributed by atoms with E-state index in [0.29, 0.717) is 18.8 Å². The largest absolute Gasteiger partial charge is 0.503 e.